The minimum absolute atomic E-state index is 0.603. The van der Waals surface area contributed by atoms with Crippen molar-refractivity contribution >= 4 is 33.2 Å². The highest BCUT2D eigenvalue weighted by Gasteiger charge is 2.26. The van der Waals surface area contributed by atoms with Crippen LogP contribution in [0.4, 0.5) is 0 Å². The molecule has 102 valence electrons. The Balaban J connectivity index is 2.36. The number of carboxylic acids is 1. The Hall–Kier alpha value is -0.590. The van der Waals surface area contributed by atoms with Crippen LogP contribution >= 0.6 is 27.3 Å². The third kappa shape index (κ3) is 4.26. The topological polar surface area (TPSA) is 58.6 Å². The molecule has 1 heterocycles. The number of ether oxygens (including phenoxy) is 1. The summed E-state index contributed by atoms with van der Waals surface area (Å²) in [6.45, 7) is 4.88. The van der Waals surface area contributed by atoms with E-state index in [-0.39, 0.29) is 0 Å². The van der Waals surface area contributed by atoms with Crippen molar-refractivity contribution in [2.24, 2.45) is 5.41 Å². The Bertz CT molecular complexity index is 417. The van der Waals surface area contributed by atoms with Crippen molar-refractivity contribution in [3.63, 3.8) is 0 Å². The smallest absolute Gasteiger partial charge is 0.309 e. The Morgan fingerprint density at radius 2 is 2.28 bits per heavy atom. The predicted octanol–water partition coefficient (Wildman–Crippen LogP) is 3.11. The first-order chi connectivity index (χ1) is 8.36. The second-order valence-corrected chi connectivity index (χ2v) is 6.62. The molecule has 0 saturated heterocycles. The number of carbonyl (C=O) groups is 1. The van der Waals surface area contributed by atoms with Gasteiger partial charge in [-0.15, -0.1) is 11.3 Å². The summed E-state index contributed by atoms with van der Waals surface area (Å²) in [5.41, 5.74) is -0.680. The lowest BCUT2D eigenvalue weighted by Gasteiger charge is -2.18. The second-order valence-electron chi connectivity index (χ2n) is 4.67. The van der Waals surface area contributed by atoms with Gasteiger partial charge >= 0.3 is 5.97 Å². The van der Waals surface area contributed by atoms with Gasteiger partial charge in [0.25, 0.3) is 0 Å². The van der Waals surface area contributed by atoms with Crippen LogP contribution in [0.5, 0.6) is 5.06 Å². The summed E-state index contributed by atoms with van der Waals surface area (Å²) >= 11 is 4.99. The summed E-state index contributed by atoms with van der Waals surface area (Å²) in [5, 5.41) is 13.1. The fraction of sp³-hybridized carbons (Fsp3) is 0.583. The number of rotatable bonds is 7. The van der Waals surface area contributed by atoms with Gasteiger partial charge in [-0.05, 0) is 48.8 Å². The van der Waals surface area contributed by atoms with Gasteiger partial charge in [-0.3, -0.25) is 4.79 Å². The lowest BCUT2D eigenvalue weighted by atomic mass is 9.90. The summed E-state index contributed by atoms with van der Waals surface area (Å²) < 4.78 is 6.14. The van der Waals surface area contributed by atoms with Crippen LogP contribution in [0.15, 0.2) is 10.5 Å². The maximum atomic E-state index is 10.9. The standard InChI is InChI=1S/C12H18BrNO3S/c1-12(2,11(15)16)4-5-14-7-8-6-9(13)10(17-3)18-8/h6,14H,4-5,7H2,1-3H3,(H,15,16). The van der Waals surface area contributed by atoms with Crippen molar-refractivity contribution in [1.82, 2.24) is 5.32 Å². The molecule has 4 nitrogen and oxygen atoms in total. The van der Waals surface area contributed by atoms with Gasteiger partial charge in [-0.1, -0.05) is 0 Å². The summed E-state index contributed by atoms with van der Waals surface area (Å²) in [6, 6.07) is 2.01. The van der Waals surface area contributed by atoms with E-state index in [0.29, 0.717) is 13.0 Å². The van der Waals surface area contributed by atoms with E-state index in [1.165, 1.54) is 0 Å². The van der Waals surface area contributed by atoms with E-state index in [9.17, 15) is 4.79 Å². The molecule has 0 aliphatic heterocycles. The van der Waals surface area contributed by atoms with Gasteiger partial charge < -0.3 is 15.2 Å². The summed E-state index contributed by atoms with van der Waals surface area (Å²) in [7, 11) is 1.64. The SMILES string of the molecule is COc1sc(CNCCC(C)(C)C(=O)O)cc1Br. The Labute approximate surface area is 119 Å². The lowest BCUT2D eigenvalue weighted by Crippen LogP contribution is -2.28. The summed E-state index contributed by atoms with van der Waals surface area (Å²) in [4.78, 5) is 12.1. The Morgan fingerprint density at radius 1 is 1.61 bits per heavy atom. The van der Waals surface area contributed by atoms with E-state index in [1.807, 2.05) is 6.07 Å². The molecule has 1 rings (SSSR count). The molecule has 0 aromatic carbocycles. The first-order valence-corrected chi connectivity index (χ1v) is 7.24. The van der Waals surface area contributed by atoms with Gasteiger partial charge in [0.15, 0.2) is 5.06 Å². The highest BCUT2D eigenvalue weighted by atomic mass is 79.9. The van der Waals surface area contributed by atoms with Gasteiger partial charge in [-0.25, -0.2) is 0 Å². The van der Waals surface area contributed by atoms with Crippen molar-refractivity contribution < 1.29 is 14.6 Å². The van der Waals surface area contributed by atoms with E-state index in [0.717, 1.165) is 21.0 Å². The number of methoxy groups -OCH3 is 1. The molecule has 18 heavy (non-hydrogen) atoms. The van der Waals surface area contributed by atoms with Crippen LogP contribution < -0.4 is 10.1 Å². The molecule has 0 fully saturated rings. The van der Waals surface area contributed by atoms with Crippen molar-refractivity contribution in [1.29, 1.82) is 0 Å². The lowest BCUT2D eigenvalue weighted by molar-refractivity contribution is -0.147. The molecule has 0 aliphatic rings. The fourth-order valence-electron chi connectivity index (χ4n) is 1.34. The third-order valence-corrected chi connectivity index (χ3v) is 4.64. The number of nitrogens with one attached hydrogen (secondary N) is 1. The quantitative estimate of drug-likeness (QED) is 0.751. The van der Waals surface area contributed by atoms with Crippen LogP contribution in [-0.4, -0.2) is 24.7 Å². The molecular weight excluding hydrogens is 318 g/mol. The number of carboxylic acid groups (broad SMARTS) is 1. The van der Waals surface area contributed by atoms with E-state index < -0.39 is 11.4 Å². The zero-order valence-corrected chi connectivity index (χ0v) is 13.2. The first kappa shape index (κ1) is 15.5. The highest BCUT2D eigenvalue weighted by Crippen LogP contribution is 2.34. The van der Waals surface area contributed by atoms with E-state index >= 15 is 0 Å². The average Bonchev–Trinajstić information content (AvgIpc) is 2.65. The molecule has 0 saturated carbocycles. The van der Waals surface area contributed by atoms with Crippen LogP contribution in [0.25, 0.3) is 0 Å². The number of halogens is 1. The number of hydrogen-bond donors (Lipinski definition) is 2. The van der Waals surface area contributed by atoms with Gasteiger partial charge in [0.1, 0.15) is 0 Å². The molecule has 0 atom stereocenters. The van der Waals surface area contributed by atoms with Crippen LogP contribution in [0.3, 0.4) is 0 Å². The van der Waals surface area contributed by atoms with E-state index in [1.54, 1.807) is 32.3 Å². The molecule has 1 aromatic rings. The van der Waals surface area contributed by atoms with Crippen LogP contribution in [-0.2, 0) is 11.3 Å². The van der Waals surface area contributed by atoms with Crippen LogP contribution in [0, 0.1) is 5.41 Å². The van der Waals surface area contributed by atoms with Crippen molar-refractivity contribution in [2.45, 2.75) is 26.8 Å². The molecule has 6 heteroatoms. The second kappa shape index (κ2) is 6.54. The molecule has 0 unspecified atom stereocenters. The monoisotopic (exact) mass is 335 g/mol. The molecule has 2 N–H and O–H groups in total. The third-order valence-electron chi connectivity index (χ3n) is 2.70. The average molecular weight is 336 g/mol. The Kier molecular flexibility index (Phi) is 5.62. The van der Waals surface area contributed by atoms with Crippen LogP contribution in [0.2, 0.25) is 0 Å². The van der Waals surface area contributed by atoms with Crippen molar-refractivity contribution in [3.05, 3.63) is 15.4 Å². The maximum absolute atomic E-state index is 10.9. The molecule has 0 amide bonds. The number of thiophene rings is 1. The minimum atomic E-state index is -0.759. The van der Waals surface area contributed by atoms with Gasteiger partial charge in [-0.2, -0.15) is 0 Å². The summed E-state index contributed by atoms with van der Waals surface area (Å²) in [6.07, 6.45) is 0.603. The molecule has 0 spiro atoms. The van der Waals surface area contributed by atoms with E-state index in [2.05, 4.69) is 21.2 Å². The number of hydrogen-bond acceptors (Lipinski definition) is 4. The van der Waals surface area contributed by atoms with Crippen molar-refractivity contribution in [3.8, 4) is 5.06 Å². The fourth-order valence-corrected chi connectivity index (χ4v) is 3.00. The largest absolute Gasteiger partial charge is 0.486 e. The Morgan fingerprint density at radius 3 is 2.78 bits per heavy atom. The van der Waals surface area contributed by atoms with E-state index in [4.69, 9.17) is 9.84 Å². The van der Waals surface area contributed by atoms with Gasteiger partial charge in [0.05, 0.1) is 17.0 Å². The zero-order chi connectivity index (χ0) is 13.8. The zero-order valence-electron chi connectivity index (χ0n) is 10.7. The molecule has 1 aromatic heterocycles. The number of aliphatic carboxylic acids is 1. The molecule has 0 radical (unpaired) electrons. The van der Waals surface area contributed by atoms with Gasteiger partial charge in [0.2, 0.25) is 0 Å². The highest BCUT2D eigenvalue weighted by molar-refractivity contribution is 9.10. The predicted molar refractivity (Wildman–Crippen MR) is 76.3 cm³/mol. The van der Waals surface area contributed by atoms with Crippen molar-refractivity contribution in [2.75, 3.05) is 13.7 Å². The van der Waals surface area contributed by atoms with Crippen LogP contribution in [0.1, 0.15) is 25.1 Å². The first-order valence-electron chi connectivity index (χ1n) is 5.63. The maximum Gasteiger partial charge on any atom is 0.309 e. The normalized spacial score (nSPS) is 11.6. The molecular formula is C12H18BrNO3S. The minimum Gasteiger partial charge on any atom is -0.486 e. The summed E-state index contributed by atoms with van der Waals surface area (Å²) in [5.74, 6) is -0.759. The molecule has 0 aliphatic carbocycles. The van der Waals surface area contributed by atoms with Gasteiger partial charge in [0, 0.05) is 11.4 Å². The molecule has 0 bridgehead atoms.